The van der Waals surface area contributed by atoms with Crippen molar-refractivity contribution in [2.75, 3.05) is 0 Å². The Morgan fingerprint density at radius 1 is 0.763 bits per heavy atom. The summed E-state index contributed by atoms with van der Waals surface area (Å²) >= 11 is 0. The Kier molecular flexibility index (Phi) is 7.74. The number of carbonyl (C=O) groups is 2. The van der Waals surface area contributed by atoms with Crippen molar-refractivity contribution in [1.29, 1.82) is 0 Å². The molecule has 1 atom stereocenters. The summed E-state index contributed by atoms with van der Waals surface area (Å²) in [6.07, 6.45) is 0. The first-order valence-electron chi connectivity index (χ1n) is 12.4. The van der Waals surface area contributed by atoms with Crippen molar-refractivity contribution >= 4 is 11.8 Å². The van der Waals surface area contributed by atoms with Crippen molar-refractivity contribution in [2.24, 2.45) is 0 Å². The molecule has 0 aromatic heterocycles. The van der Waals surface area contributed by atoms with E-state index in [2.05, 4.69) is 5.43 Å². The predicted octanol–water partition coefficient (Wildman–Crippen LogP) is 5.66. The molecule has 4 aromatic carbocycles. The maximum Gasteiger partial charge on any atom is 0.279 e. The number of aryl methyl sites for hydroxylation is 3. The molecule has 4 aromatic rings. The molecule has 0 bridgehead atoms. The number of hydrazine groups is 1. The fraction of sp³-hybridized carbons (Fsp3) is 0.188. The van der Waals surface area contributed by atoms with Crippen molar-refractivity contribution in [1.82, 2.24) is 10.4 Å². The molecule has 0 aliphatic carbocycles. The van der Waals surface area contributed by atoms with Crippen molar-refractivity contribution in [3.05, 3.63) is 142 Å². The average Bonchev–Trinajstić information content (AvgIpc) is 2.90. The highest BCUT2D eigenvalue weighted by Crippen LogP contribution is 2.34. The highest BCUT2D eigenvalue weighted by atomic mass is 19.1. The van der Waals surface area contributed by atoms with Gasteiger partial charge >= 0.3 is 0 Å². The summed E-state index contributed by atoms with van der Waals surface area (Å²) in [7, 11) is 0. The highest BCUT2D eigenvalue weighted by Gasteiger charge is 2.42. The molecule has 6 heteroatoms. The van der Waals surface area contributed by atoms with Gasteiger partial charge in [0.1, 0.15) is 11.9 Å². The zero-order chi connectivity index (χ0) is 27.4. The van der Waals surface area contributed by atoms with E-state index >= 15 is 4.39 Å². The van der Waals surface area contributed by atoms with E-state index in [1.807, 2.05) is 32.9 Å². The Labute approximate surface area is 222 Å². The van der Waals surface area contributed by atoms with E-state index in [0.717, 1.165) is 21.7 Å². The SMILES string of the molecule is CC(=O)N(NC(=O)C(O)(c1ccc(C)cc1)c1ccc(C)cc1)[C@@H](c1ccc(C)cc1)c1ccccc1F. The number of hydrogen-bond donors (Lipinski definition) is 2. The molecular weight excluding hydrogens is 479 g/mol. The van der Waals surface area contributed by atoms with Gasteiger partial charge < -0.3 is 5.11 Å². The van der Waals surface area contributed by atoms with Gasteiger partial charge in [-0.1, -0.05) is 108 Å². The lowest BCUT2D eigenvalue weighted by Gasteiger charge is -2.36. The van der Waals surface area contributed by atoms with Crippen LogP contribution in [0.5, 0.6) is 0 Å². The molecule has 0 spiro atoms. The van der Waals surface area contributed by atoms with Crippen LogP contribution in [0.3, 0.4) is 0 Å². The molecule has 4 rings (SSSR count). The Hall–Kier alpha value is -4.29. The van der Waals surface area contributed by atoms with Gasteiger partial charge in [-0.05, 0) is 43.5 Å². The number of carbonyl (C=O) groups excluding carboxylic acids is 2. The Morgan fingerprint density at radius 3 is 1.66 bits per heavy atom. The summed E-state index contributed by atoms with van der Waals surface area (Å²) in [5.74, 6) is -1.89. The molecule has 5 nitrogen and oxygen atoms in total. The lowest BCUT2D eigenvalue weighted by atomic mass is 9.85. The van der Waals surface area contributed by atoms with Crippen LogP contribution in [0.4, 0.5) is 4.39 Å². The van der Waals surface area contributed by atoms with Gasteiger partial charge in [-0.3, -0.25) is 15.0 Å². The summed E-state index contributed by atoms with van der Waals surface area (Å²) in [6.45, 7) is 7.04. The maximum atomic E-state index is 15.1. The molecule has 0 saturated carbocycles. The first-order valence-corrected chi connectivity index (χ1v) is 12.4. The summed E-state index contributed by atoms with van der Waals surface area (Å²) in [4.78, 5) is 27.1. The molecule has 2 N–H and O–H groups in total. The Morgan fingerprint density at radius 2 is 1.21 bits per heavy atom. The van der Waals surface area contributed by atoms with Crippen LogP contribution in [0.2, 0.25) is 0 Å². The third-order valence-corrected chi connectivity index (χ3v) is 6.68. The van der Waals surface area contributed by atoms with Crippen LogP contribution in [0.15, 0.2) is 97.1 Å². The molecule has 0 heterocycles. The van der Waals surface area contributed by atoms with Crippen molar-refractivity contribution in [2.45, 2.75) is 39.3 Å². The minimum atomic E-state index is -2.12. The summed E-state index contributed by atoms with van der Waals surface area (Å²) in [5, 5.41) is 13.1. The smallest absolute Gasteiger partial charge is 0.279 e. The largest absolute Gasteiger partial charge is 0.372 e. The first kappa shape index (κ1) is 26.8. The minimum Gasteiger partial charge on any atom is -0.372 e. The number of nitrogens with zero attached hydrogens (tertiary/aromatic N) is 1. The number of benzene rings is 4. The zero-order valence-electron chi connectivity index (χ0n) is 21.9. The summed E-state index contributed by atoms with van der Waals surface area (Å²) < 4.78 is 15.1. The standard InChI is InChI=1S/C32H31FN2O3/c1-21-9-15-25(16-10-21)30(28-7-5-6-8-29(28)33)35(24(4)36)34-31(37)32(38,26-17-11-22(2)12-18-26)27-19-13-23(3)14-20-27/h5-20,30,38H,1-4H3,(H,34,37)/t30-/m0/s1. The van der Waals surface area contributed by atoms with Gasteiger partial charge in [0.2, 0.25) is 5.91 Å². The average molecular weight is 511 g/mol. The second-order valence-electron chi connectivity index (χ2n) is 9.61. The first-order chi connectivity index (χ1) is 18.1. The van der Waals surface area contributed by atoms with Crippen LogP contribution in [0.1, 0.15) is 51.9 Å². The van der Waals surface area contributed by atoms with Gasteiger partial charge in [0.15, 0.2) is 5.60 Å². The van der Waals surface area contributed by atoms with E-state index in [-0.39, 0.29) is 5.56 Å². The molecule has 0 unspecified atom stereocenters. The lowest BCUT2D eigenvalue weighted by molar-refractivity contribution is -0.150. The second-order valence-corrected chi connectivity index (χ2v) is 9.61. The fourth-order valence-electron chi connectivity index (χ4n) is 4.45. The zero-order valence-corrected chi connectivity index (χ0v) is 21.9. The van der Waals surface area contributed by atoms with E-state index in [4.69, 9.17) is 0 Å². The van der Waals surface area contributed by atoms with Crippen LogP contribution in [0.25, 0.3) is 0 Å². The topological polar surface area (TPSA) is 69.6 Å². The molecular formula is C32H31FN2O3. The van der Waals surface area contributed by atoms with Gasteiger partial charge in [0.05, 0.1) is 0 Å². The second kappa shape index (κ2) is 11.0. The molecule has 0 aliphatic heterocycles. The van der Waals surface area contributed by atoms with Gasteiger partial charge in [-0.25, -0.2) is 9.40 Å². The van der Waals surface area contributed by atoms with Crippen LogP contribution in [-0.2, 0) is 15.2 Å². The van der Waals surface area contributed by atoms with Crippen molar-refractivity contribution in [3.8, 4) is 0 Å². The van der Waals surface area contributed by atoms with Gasteiger partial charge in [-0.15, -0.1) is 0 Å². The molecule has 0 fully saturated rings. The molecule has 0 saturated heterocycles. The normalized spacial score (nSPS) is 12.1. The highest BCUT2D eigenvalue weighted by molar-refractivity contribution is 5.91. The molecule has 0 aliphatic rings. The predicted molar refractivity (Wildman–Crippen MR) is 145 cm³/mol. The monoisotopic (exact) mass is 510 g/mol. The molecule has 38 heavy (non-hydrogen) atoms. The van der Waals surface area contributed by atoms with Crippen molar-refractivity contribution < 1.29 is 19.1 Å². The lowest BCUT2D eigenvalue weighted by Crippen LogP contribution is -2.55. The molecule has 2 amide bonds. The van der Waals surface area contributed by atoms with Crippen LogP contribution < -0.4 is 5.43 Å². The van der Waals surface area contributed by atoms with Crippen LogP contribution in [0, 0.1) is 26.6 Å². The van der Waals surface area contributed by atoms with Crippen molar-refractivity contribution in [3.63, 3.8) is 0 Å². The summed E-state index contributed by atoms with van der Waals surface area (Å²) in [5.41, 5.74) is 4.93. The Balaban J connectivity index is 1.83. The van der Waals surface area contributed by atoms with Crippen LogP contribution >= 0.6 is 0 Å². The number of amides is 2. The third kappa shape index (κ3) is 5.36. The number of aliphatic hydroxyl groups is 1. The van der Waals surface area contributed by atoms with E-state index in [0.29, 0.717) is 16.7 Å². The molecule has 0 radical (unpaired) electrons. The van der Waals surface area contributed by atoms with E-state index < -0.39 is 29.3 Å². The number of rotatable bonds is 6. The minimum absolute atomic E-state index is 0.209. The fourth-order valence-corrected chi connectivity index (χ4v) is 4.45. The van der Waals surface area contributed by atoms with Crippen LogP contribution in [-0.4, -0.2) is 21.9 Å². The number of hydrogen-bond acceptors (Lipinski definition) is 3. The number of halogens is 1. The van der Waals surface area contributed by atoms with E-state index in [1.54, 1.807) is 78.9 Å². The number of nitrogens with one attached hydrogen (secondary N) is 1. The molecule has 194 valence electrons. The third-order valence-electron chi connectivity index (χ3n) is 6.68. The van der Waals surface area contributed by atoms with Gasteiger partial charge in [-0.2, -0.15) is 0 Å². The van der Waals surface area contributed by atoms with Gasteiger partial charge in [0.25, 0.3) is 5.91 Å². The summed E-state index contributed by atoms with van der Waals surface area (Å²) in [6, 6.07) is 26.4. The van der Waals surface area contributed by atoms with E-state index in [1.165, 1.54) is 13.0 Å². The van der Waals surface area contributed by atoms with E-state index in [9.17, 15) is 14.7 Å². The quantitative estimate of drug-likeness (QED) is 0.329. The van der Waals surface area contributed by atoms with Gasteiger partial charge in [0, 0.05) is 12.5 Å². The maximum absolute atomic E-state index is 15.1. The Bertz CT molecular complexity index is 1390.